The Morgan fingerprint density at radius 1 is 1.29 bits per heavy atom. The third-order valence-corrected chi connectivity index (χ3v) is 5.49. The average Bonchev–Trinajstić information content (AvgIpc) is 2.98. The number of carbonyl (C=O) groups is 1. The minimum atomic E-state index is -0.0866. The number of nitrogens with one attached hydrogen (secondary N) is 2. The fourth-order valence-electron chi connectivity index (χ4n) is 4.20. The number of carbonyl (C=O) groups excluding carboxylic acids is 1. The van der Waals surface area contributed by atoms with Gasteiger partial charge in [0.25, 0.3) is 5.91 Å². The minimum Gasteiger partial charge on any atom is -0.395 e. The standard InChI is InChI=1S/C18H30N4O2/c1-19-18(24)17-15-11-14(20-9-10-23)7-8-16(15)22(21-17)12-13-5-3-2-4-6-13/h13-14,20,23H,2-12H2,1H3,(H,19,24)/t14-/m0/s1. The van der Waals surface area contributed by atoms with E-state index in [0.29, 0.717) is 24.2 Å². The van der Waals surface area contributed by atoms with Crippen molar-refractivity contribution in [2.75, 3.05) is 20.2 Å². The number of nitrogens with zero attached hydrogens (tertiary/aromatic N) is 2. The molecule has 0 radical (unpaired) electrons. The lowest BCUT2D eigenvalue weighted by atomic mass is 9.88. The molecule has 1 amide bonds. The fraction of sp³-hybridized carbons (Fsp3) is 0.778. The summed E-state index contributed by atoms with van der Waals surface area (Å²) in [5, 5.41) is 19.8. The number of fused-ring (bicyclic) bond motifs is 1. The predicted octanol–water partition coefficient (Wildman–Crippen LogP) is 1.26. The first-order chi connectivity index (χ1) is 11.7. The molecular formula is C18H30N4O2. The van der Waals surface area contributed by atoms with E-state index in [1.165, 1.54) is 37.8 Å². The Bertz CT molecular complexity index is 564. The highest BCUT2D eigenvalue weighted by molar-refractivity contribution is 5.93. The van der Waals surface area contributed by atoms with E-state index < -0.39 is 0 Å². The van der Waals surface area contributed by atoms with E-state index >= 15 is 0 Å². The highest BCUT2D eigenvalue weighted by atomic mass is 16.3. The van der Waals surface area contributed by atoms with Crippen LogP contribution in [0.2, 0.25) is 0 Å². The third kappa shape index (κ3) is 3.81. The Morgan fingerprint density at radius 3 is 2.79 bits per heavy atom. The van der Waals surface area contributed by atoms with Crippen LogP contribution in [0.1, 0.15) is 60.3 Å². The second kappa shape index (κ2) is 8.12. The molecule has 1 aromatic rings. The molecule has 24 heavy (non-hydrogen) atoms. The van der Waals surface area contributed by atoms with Gasteiger partial charge < -0.3 is 15.7 Å². The second-order valence-corrected chi connectivity index (χ2v) is 7.16. The van der Waals surface area contributed by atoms with Gasteiger partial charge in [-0.25, -0.2) is 0 Å². The van der Waals surface area contributed by atoms with Gasteiger partial charge in [-0.3, -0.25) is 9.48 Å². The molecule has 134 valence electrons. The van der Waals surface area contributed by atoms with Crippen molar-refractivity contribution in [3.63, 3.8) is 0 Å². The summed E-state index contributed by atoms with van der Waals surface area (Å²) in [4.78, 5) is 12.3. The smallest absolute Gasteiger partial charge is 0.271 e. The van der Waals surface area contributed by atoms with Gasteiger partial charge in [-0.15, -0.1) is 0 Å². The number of hydrogen-bond donors (Lipinski definition) is 3. The molecule has 0 unspecified atom stereocenters. The van der Waals surface area contributed by atoms with Crippen molar-refractivity contribution in [3.05, 3.63) is 17.0 Å². The van der Waals surface area contributed by atoms with E-state index in [9.17, 15) is 4.79 Å². The lowest BCUT2D eigenvalue weighted by Gasteiger charge is -2.26. The number of aliphatic hydroxyl groups is 1. The van der Waals surface area contributed by atoms with E-state index in [1.54, 1.807) is 7.05 Å². The quantitative estimate of drug-likeness (QED) is 0.732. The third-order valence-electron chi connectivity index (χ3n) is 5.49. The molecule has 3 rings (SSSR count). The molecule has 1 fully saturated rings. The summed E-state index contributed by atoms with van der Waals surface area (Å²) in [7, 11) is 1.67. The summed E-state index contributed by atoms with van der Waals surface area (Å²) in [5.74, 6) is 0.613. The molecule has 0 saturated heterocycles. The highest BCUT2D eigenvalue weighted by Gasteiger charge is 2.29. The van der Waals surface area contributed by atoms with Crippen LogP contribution in [0.15, 0.2) is 0 Å². The maximum Gasteiger partial charge on any atom is 0.271 e. The Labute approximate surface area is 144 Å². The Morgan fingerprint density at radius 2 is 2.08 bits per heavy atom. The van der Waals surface area contributed by atoms with Crippen LogP contribution >= 0.6 is 0 Å². The Kier molecular flexibility index (Phi) is 5.89. The van der Waals surface area contributed by atoms with Gasteiger partial charge in [-0.1, -0.05) is 19.3 Å². The zero-order valence-corrected chi connectivity index (χ0v) is 14.7. The first-order valence-electron chi connectivity index (χ1n) is 9.37. The first kappa shape index (κ1) is 17.4. The van der Waals surface area contributed by atoms with Crippen molar-refractivity contribution in [2.45, 2.75) is 64.0 Å². The van der Waals surface area contributed by atoms with Crippen LogP contribution in [0.3, 0.4) is 0 Å². The Hall–Kier alpha value is -1.40. The summed E-state index contributed by atoms with van der Waals surface area (Å²) in [6.07, 6.45) is 9.38. The van der Waals surface area contributed by atoms with E-state index in [2.05, 4.69) is 15.3 Å². The molecule has 0 bridgehead atoms. The largest absolute Gasteiger partial charge is 0.395 e. The van der Waals surface area contributed by atoms with E-state index in [0.717, 1.165) is 31.4 Å². The van der Waals surface area contributed by atoms with Gasteiger partial charge in [0.1, 0.15) is 0 Å². The van der Waals surface area contributed by atoms with Gasteiger partial charge in [0.15, 0.2) is 5.69 Å². The molecule has 1 atom stereocenters. The van der Waals surface area contributed by atoms with Crippen LogP contribution in [0.5, 0.6) is 0 Å². The number of rotatable bonds is 6. The summed E-state index contributed by atoms with van der Waals surface area (Å²) < 4.78 is 2.12. The van der Waals surface area contributed by atoms with Gasteiger partial charge in [0, 0.05) is 37.4 Å². The van der Waals surface area contributed by atoms with Crippen molar-refractivity contribution < 1.29 is 9.90 Å². The summed E-state index contributed by atoms with van der Waals surface area (Å²) in [6.45, 7) is 1.70. The molecule has 3 N–H and O–H groups in total. The molecular weight excluding hydrogens is 304 g/mol. The summed E-state index contributed by atoms with van der Waals surface area (Å²) in [5.41, 5.74) is 2.95. The monoisotopic (exact) mass is 334 g/mol. The zero-order valence-electron chi connectivity index (χ0n) is 14.7. The van der Waals surface area contributed by atoms with Crippen LogP contribution in [0.4, 0.5) is 0 Å². The van der Waals surface area contributed by atoms with Gasteiger partial charge in [0.2, 0.25) is 0 Å². The van der Waals surface area contributed by atoms with Gasteiger partial charge >= 0.3 is 0 Å². The fourth-order valence-corrected chi connectivity index (χ4v) is 4.20. The van der Waals surface area contributed by atoms with Crippen LogP contribution in [0, 0.1) is 5.92 Å². The van der Waals surface area contributed by atoms with Crippen molar-refractivity contribution in [1.82, 2.24) is 20.4 Å². The van der Waals surface area contributed by atoms with Crippen LogP contribution < -0.4 is 10.6 Å². The summed E-state index contributed by atoms with van der Waals surface area (Å²) in [6, 6.07) is 0.320. The lowest BCUT2D eigenvalue weighted by Crippen LogP contribution is -2.37. The van der Waals surface area contributed by atoms with Crippen molar-refractivity contribution in [3.8, 4) is 0 Å². The Balaban J connectivity index is 1.80. The molecule has 2 aliphatic carbocycles. The van der Waals surface area contributed by atoms with Crippen molar-refractivity contribution in [2.24, 2.45) is 5.92 Å². The SMILES string of the molecule is CNC(=O)c1nn(CC2CCCCC2)c2c1C[C@@H](NCCO)CC2. The number of hydrogen-bond acceptors (Lipinski definition) is 4. The molecule has 1 saturated carbocycles. The van der Waals surface area contributed by atoms with Gasteiger partial charge in [-0.2, -0.15) is 5.10 Å². The second-order valence-electron chi connectivity index (χ2n) is 7.16. The van der Waals surface area contributed by atoms with E-state index in [4.69, 9.17) is 10.2 Å². The molecule has 6 nitrogen and oxygen atoms in total. The maximum atomic E-state index is 12.3. The topological polar surface area (TPSA) is 79.2 Å². The first-order valence-corrected chi connectivity index (χ1v) is 9.37. The lowest BCUT2D eigenvalue weighted by molar-refractivity contribution is 0.0956. The molecule has 1 aromatic heterocycles. The maximum absolute atomic E-state index is 12.3. The molecule has 0 aliphatic heterocycles. The van der Waals surface area contributed by atoms with Gasteiger partial charge in [0.05, 0.1) is 6.61 Å². The number of aromatic nitrogens is 2. The van der Waals surface area contributed by atoms with E-state index in [-0.39, 0.29) is 12.5 Å². The van der Waals surface area contributed by atoms with Gasteiger partial charge in [-0.05, 0) is 38.0 Å². The van der Waals surface area contributed by atoms with Crippen molar-refractivity contribution >= 4 is 5.91 Å². The summed E-state index contributed by atoms with van der Waals surface area (Å²) >= 11 is 0. The molecule has 6 heteroatoms. The normalized spacial score (nSPS) is 21.5. The molecule has 0 aromatic carbocycles. The molecule has 1 heterocycles. The molecule has 0 spiro atoms. The van der Waals surface area contributed by atoms with Crippen molar-refractivity contribution in [1.29, 1.82) is 0 Å². The zero-order chi connectivity index (χ0) is 16.9. The van der Waals surface area contributed by atoms with E-state index in [1.807, 2.05) is 0 Å². The van der Waals surface area contributed by atoms with Crippen LogP contribution in [-0.2, 0) is 19.4 Å². The minimum absolute atomic E-state index is 0.0866. The molecule has 2 aliphatic rings. The average molecular weight is 334 g/mol. The predicted molar refractivity (Wildman–Crippen MR) is 93.1 cm³/mol. The number of amides is 1. The number of aliphatic hydroxyl groups excluding tert-OH is 1. The highest BCUT2D eigenvalue weighted by Crippen LogP contribution is 2.29. The van der Waals surface area contributed by atoms with Crippen LogP contribution in [0.25, 0.3) is 0 Å². The van der Waals surface area contributed by atoms with Crippen LogP contribution in [-0.4, -0.2) is 47.0 Å².